The van der Waals surface area contributed by atoms with Crippen LogP contribution in [0.4, 0.5) is 0 Å². The van der Waals surface area contributed by atoms with Crippen molar-refractivity contribution in [2.75, 3.05) is 40.9 Å². The number of quaternary nitrogens is 1. The molecule has 3 unspecified atom stereocenters. The van der Waals surface area contributed by atoms with Gasteiger partial charge in [0.2, 0.25) is 5.91 Å². The van der Waals surface area contributed by atoms with E-state index in [1.165, 1.54) is 122 Å². The molecule has 0 saturated heterocycles. The van der Waals surface area contributed by atoms with Crippen molar-refractivity contribution < 1.29 is 32.9 Å². The maximum atomic E-state index is 13.0. The van der Waals surface area contributed by atoms with Crippen LogP contribution in [-0.4, -0.2) is 73.4 Å². The van der Waals surface area contributed by atoms with Gasteiger partial charge in [0, 0.05) is 6.42 Å². The quantitative estimate of drug-likeness (QED) is 0.0243. The lowest BCUT2D eigenvalue weighted by Crippen LogP contribution is -2.45. The highest BCUT2D eigenvalue weighted by Crippen LogP contribution is 2.43. The molecule has 0 aromatic carbocycles. The number of phosphoric acid groups is 1. The normalized spacial score (nSPS) is 14.7. The fourth-order valence-electron chi connectivity index (χ4n) is 9.45. The van der Waals surface area contributed by atoms with E-state index in [9.17, 15) is 19.4 Å². The predicted octanol–water partition coefficient (Wildman–Crippen LogP) is 23.1. The molecule has 0 aliphatic rings. The second-order valence-corrected chi connectivity index (χ2v) is 26.0. The van der Waals surface area contributed by atoms with Gasteiger partial charge in [-0.15, -0.1) is 0 Å². The highest BCUT2D eigenvalue weighted by Gasteiger charge is 2.28. The number of carbonyl (C=O) groups excluding carboxylic acids is 1. The Labute approximate surface area is 543 Å². The largest absolute Gasteiger partial charge is 0.472 e. The van der Waals surface area contributed by atoms with Crippen LogP contribution < -0.4 is 5.32 Å². The van der Waals surface area contributed by atoms with Crippen LogP contribution in [0.5, 0.6) is 0 Å². The van der Waals surface area contributed by atoms with Crippen LogP contribution in [0.1, 0.15) is 271 Å². The fraction of sp³-hybridized carbons (Fsp3) is 0.633. The van der Waals surface area contributed by atoms with E-state index in [4.69, 9.17) is 9.05 Å². The third-order valence-electron chi connectivity index (χ3n) is 14.9. The number of carbonyl (C=O) groups is 1. The number of rotatable bonds is 63. The zero-order valence-electron chi connectivity index (χ0n) is 57.1. The Hall–Kier alpha value is -4.14. The van der Waals surface area contributed by atoms with Gasteiger partial charge in [0.25, 0.3) is 0 Å². The van der Waals surface area contributed by atoms with Crippen molar-refractivity contribution >= 4 is 13.7 Å². The van der Waals surface area contributed by atoms with E-state index < -0.39 is 20.0 Å². The Morgan fingerprint density at radius 3 is 1.05 bits per heavy atom. The molecular weight excluding hydrogens is 1100 g/mol. The first-order chi connectivity index (χ1) is 43.0. The summed E-state index contributed by atoms with van der Waals surface area (Å²) in [7, 11) is 1.52. The van der Waals surface area contributed by atoms with E-state index in [0.717, 1.165) is 128 Å². The Kier molecular flexibility index (Phi) is 64.1. The Bertz CT molecular complexity index is 2040. The summed E-state index contributed by atoms with van der Waals surface area (Å²) < 4.78 is 23.8. The molecule has 88 heavy (non-hydrogen) atoms. The van der Waals surface area contributed by atoms with Gasteiger partial charge in [0.15, 0.2) is 0 Å². The molecule has 0 spiro atoms. The third kappa shape index (κ3) is 69.3. The molecule has 0 aliphatic carbocycles. The second kappa shape index (κ2) is 67.3. The second-order valence-electron chi connectivity index (χ2n) is 24.5. The van der Waals surface area contributed by atoms with Gasteiger partial charge in [-0.3, -0.25) is 13.8 Å². The Morgan fingerprint density at radius 2 is 0.693 bits per heavy atom. The number of nitrogens with one attached hydrogen (secondary N) is 1. The molecular formula is C79H134N2O6P+. The number of amides is 1. The molecule has 9 heteroatoms. The lowest BCUT2D eigenvalue weighted by Gasteiger charge is -2.25. The molecule has 8 nitrogen and oxygen atoms in total. The first-order valence-electron chi connectivity index (χ1n) is 35.5. The number of unbranched alkanes of at least 4 members (excludes halogenated alkanes) is 24. The van der Waals surface area contributed by atoms with E-state index >= 15 is 0 Å². The number of nitrogens with zero attached hydrogens (tertiary/aromatic N) is 1. The van der Waals surface area contributed by atoms with Gasteiger partial charge in [0.1, 0.15) is 13.2 Å². The number of aliphatic hydroxyl groups is 1. The van der Waals surface area contributed by atoms with Crippen molar-refractivity contribution in [3.05, 3.63) is 170 Å². The number of allylic oxidation sites excluding steroid dienone is 27. The van der Waals surface area contributed by atoms with Crippen molar-refractivity contribution in [2.24, 2.45) is 0 Å². The molecule has 0 aromatic heterocycles. The first-order valence-corrected chi connectivity index (χ1v) is 37.0. The van der Waals surface area contributed by atoms with Crippen LogP contribution in [0.25, 0.3) is 0 Å². The lowest BCUT2D eigenvalue weighted by atomic mass is 10.0. The molecule has 0 aromatic rings. The number of likely N-dealkylation sites (N-methyl/N-ethyl adjacent to an activating group) is 1. The van der Waals surface area contributed by atoms with Gasteiger partial charge < -0.3 is 19.8 Å². The minimum absolute atomic E-state index is 0.0421. The average Bonchev–Trinajstić information content (AvgIpc) is 3.71. The minimum Gasteiger partial charge on any atom is -0.387 e. The van der Waals surface area contributed by atoms with Crippen molar-refractivity contribution in [3.63, 3.8) is 0 Å². The molecule has 500 valence electrons. The molecule has 3 atom stereocenters. The summed E-state index contributed by atoms with van der Waals surface area (Å²) >= 11 is 0. The maximum absolute atomic E-state index is 13.0. The zero-order chi connectivity index (χ0) is 64.1. The molecule has 0 saturated carbocycles. The monoisotopic (exact) mass is 1240 g/mol. The summed E-state index contributed by atoms with van der Waals surface area (Å²) in [4.78, 5) is 23.4. The first kappa shape index (κ1) is 83.9. The van der Waals surface area contributed by atoms with Gasteiger partial charge in [-0.25, -0.2) is 4.57 Å². The van der Waals surface area contributed by atoms with Gasteiger partial charge in [-0.1, -0.05) is 312 Å². The fourth-order valence-corrected chi connectivity index (χ4v) is 10.2. The topological polar surface area (TPSA) is 105 Å². The molecule has 0 radical (unpaired) electrons. The molecule has 3 N–H and O–H groups in total. The molecule has 0 bridgehead atoms. The van der Waals surface area contributed by atoms with Gasteiger partial charge >= 0.3 is 7.82 Å². The van der Waals surface area contributed by atoms with Gasteiger partial charge in [0.05, 0.1) is 39.9 Å². The summed E-state index contributed by atoms with van der Waals surface area (Å²) in [6, 6.07) is -0.892. The van der Waals surface area contributed by atoms with Crippen molar-refractivity contribution in [3.8, 4) is 0 Å². The molecule has 1 amide bonds. The van der Waals surface area contributed by atoms with Crippen molar-refractivity contribution in [2.45, 2.75) is 283 Å². The highest BCUT2D eigenvalue weighted by atomic mass is 31.2. The average molecular weight is 1240 g/mol. The van der Waals surface area contributed by atoms with Crippen LogP contribution in [0.3, 0.4) is 0 Å². The van der Waals surface area contributed by atoms with E-state index in [2.05, 4.69) is 177 Å². The van der Waals surface area contributed by atoms with Crippen LogP contribution in [0.2, 0.25) is 0 Å². The van der Waals surface area contributed by atoms with Gasteiger partial charge in [-0.2, -0.15) is 0 Å². The van der Waals surface area contributed by atoms with Crippen LogP contribution in [0.15, 0.2) is 170 Å². The molecule has 0 aliphatic heterocycles. The van der Waals surface area contributed by atoms with E-state index in [-0.39, 0.29) is 19.1 Å². The smallest absolute Gasteiger partial charge is 0.387 e. The van der Waals surface area contributed by atoms with Crippen LogP contribution in [0, 0.1) is 0 Å². The predicted molar refractivity (Wildman–Crippen MR) is 387 cm³/mol. The van der Waals surface area contributed by atoms with Gasteiger partial charge in [-0.05, 0) is 122 Å². The number of hydrogen-bond donors (Lipinski definition) is 3. The van der Waals surface area contributed by atoms with E-state index in [1.54, 1.807) is 6.08 Å². The Balaban J connectivity index is 4.24. The highest BCUT2D eigenvalue weighted by molar-refractivity contribution is 7.47. The van der Waals surface area contributed by atoms with E-state index in [1.807, 2.05) is 27.2 Å². The number of phosphoric ester groups is 1. The molecule has 0 rings (SSSR count). The SMILES string of the molecule is CC/C=C\C/C=C\C/C=C\C/C=C\C/C=C\C/C=C\C/C=C\C/C=C\C/C=C\C/C=C\C/C=C\C/C=C\CCCCCCC(=O)NC(COP(=O)(O)OCC[N+](C)(C)C)C(O)/C=C/CC/C=C/CCCCCCCCCCCCCCCCCCCCC. The number of aliphatic hydroxyl groups excluding tert-OH is 1. The molecule has 0 heterocycles. The summed E-state index contributed by atoms with van der Waals surface area (Å²) in [6.45, 7) is 4.66. The maximum Gasteiger partial charge on any atom is 0.472 e. The Morgan fingerprint density at radius 1 is 0.398 bits per heavy atom. The van der Waals surface area contributed by atoms with E-state index in [0.29, 0.717) is 17.4 Å². The van der Waals surface area contributed by atoms with Crippen molar-refractivity contribution in [1.29, 1.82) is 0 Å². The van der Waals surface area contributed by atoms with Crippen LogP contribution >= 0.6 is 7.82 Å². The lowest BCUT2D eigenvalue weighted by molar-refractivity contribution is -0.870. The zero-order valence-corrected chi connectivity index (χ0v) is 58.0. The van der Waals surface area contributed by atoms with Crippen LogP contribution in [-0.2, 0) is 18.4 Å². The summed E-state index contributed by atoms with van der Waals surface area (Å²) in [5.74, 6) is -0.216. The third-order valence-corrected chi connectivity index (χ3v) is 15.9. The molecule has 0 fully saturated rings. The number of hydrogen-bond acceptors (Lipinski definition) is 5. The summed E-state index contributed by atoms with van der Waals surface area (Å²) in [5.41, 5.74) is 0. The van der Waals surface area contributed by atoms with Crippen molar-refractivity contribution in [1.82, 2.24) is 5.32 Å². The standard InChI is InChI=1S/C79H133N2O6P/c1-6-8-10-12-14-16-18-20-22-24-26-28-30-32-33-34-35-36-37-38-39-40-41-42-43-44-45-46-47-49-51-53-55-57-59-61-63-65-67-69-71-73-79(83)80-77(76-87-88(84,85)86-75-74-81(3,4)5)78(82)72-70-68-66-64-62-60-58-56-54-52-50-48-31-29-27-25-23-21-19-17-15-13-11-9-7-2/h8,10,14,16,20,22,26,28,32-33,35-36,38-39,41-42,44-45,47,49,53,55,59,61-62,64,70,72,77-78,82H,6-7,9,11-13,15,17-19,21,23-25,27,29-31,34,37,40,43,46,48,50-52,54,56-58,60,63,65-69,71,73-76H2,1-5H3,(H-,80,83,84,85)/p+1/b10-8-,16-14-,22-20-,28-26-,33-32-,36-35-,39-38-,42-41-,45-44-,49-47-,55-53-,61-59-,64-62+,72-70+. The summed E-state index contributed by atoms with van der Waals surface area (Å²) in [5, 5.41) is 14.0. The minimum atomic E-state index is -4.38. The summed E-state index contributed by atoms with van der Waals surface area (Å²) in [6.07, 6.45) is 106.